The van der Waals surface area contributed by atoms with Gasteiger partial charge in [0.05, 0.1) is 8.07 Å². The molecule has 122 valence electrons. The highest BCUT2D eigenvalue weighted by Gasteiger charge is 2.23. The lowest BCUT2D eigenvalue weighted by Gasteiger charge is -2.28. The third kappa shape index (κ3) is 6.28. The van der Waals surface area contributed by atoms with Crippen LogP contribution in [0.3, 0.4) is 0 Å². The van der Waals surface area contributed by atoms with Gasteiger partial charge in [0.2, 0.25) is 0 Å². The van der Waals surface area contributed by atoms with Gasteiger partial charge in [-0.15, -0.1) is 0 Å². The van der Waals surface area contributed by atoms with Crippen molar-refractivity contribution in [1.82, 2.24) is 4.90 Å². The summed E-state index contributed by atoms with van der Waals surface area (Å²) < 4.78 is 5.52. The summed E-state index contributed by atoms with van der Waals surface area (Å²) in [7, 11) is -1.42. The number of carbonyl (C=O) groups excluding carboxylic acids is 1. The third-order valence-electron chi connectivity index (χ3n) is 3.34. The zero-order valence-corrected chi connectivity index (χ0v) is 15.2. The van der Waals surface area contributed by atoms with Crippen LogP contribution in [0.2, 0.25) is 19.6 Å². The summed E-state index contributed by atoms with van der Waals surface area (Å²) in [5.74, 6) is 0. The SMILES string of the molecule is C[Si](C)(C)CN(Cc1ccccc1)C(=O)OCc1ccccc1. The van der Waals surface area contributed by atoms with Crippen molar-refractivity contribution in [2.75, 3.05) is 6.17 Å². The van der Waals surface area contributed by atoms with E-state index < -0.39 is 8.07 Å². The van der Waals surface area contributed by atoms with E-state index in [-0.39, 0.29) is 6.09 Å². The summed E-state index contributed by atoms with van der Waals surface area (Å²) in [5, 5.41) is 0. The first-order valence-electron chi connectivity index (χ1n) is 7.94. The monoisotopic (exact) mass is 327 g/mol. The molecule has 0 heterocycles. The highest BCUT2D eigenvalue weighted by molar-refractivity contribution is 6.76. The van der Waals surface area contributed by atoms with Crippen LogP contribution in [-0.4, -0.2) is 25.2 Å². The Bertz CT molecular complexity index is 608. The topological polar surface area (TPSA) is 29.5 Å². The summed E-state index contributed by atoms with van der Waals surface area (Å²) in [6, 6.07) is 19.9. The van der Waals surface area contributed by atoms with Crippen molar-refractivity contribution in [2.24, 2.45) is 0 Å². The molecular weight excluding hydrogens is 302 g/mol. The van der Waals surface area contributed by atoms with Crippen molar-refractivity contribution in [3.8, 4) is 0 Å². The molecule has 0 aliphatic carbocycles. The Morgan fingerprint density at radius 2 is 1.43 bits per heavy atom. The van der Waals surface area contributed by atoms with Crippen molar-refractivity contribution in [3.63, 3.8) is 0 Å². The number of ether oxygens (including phenoxy) is 1. The van der Waals surface area contributed by atoms with E-state index in [1.165, 1.54) is 0 Å². The fourth-order valence-electron chi connectivity index (χ4n) is 2.37. The first-order chi connectivity index (χ1) is 10.9. The number of nitrogens with zero attached hydrogens (tertiary/aromatic N) is 1. The van der Waals surface area contributed by atoms with E-state index in [2.05, 4.69) is 19.6 Å². The molecule has 0 spiro atoms. The average molecular weight is 328 g/mol. The van der Waals surface area contributed by atoms with Crippen molar-refractivity contribution in [3.05, 3.63) is 71.8 Å². The van der Waals surface area contributed by atoms with Crippen LogP contribution in [0, 0.1) is 0 Å². The zero-order valence-electron chi connectivity index (χ0n) is 14.2. The van der Waals surface area contributed by atoms with Gasteiger partial charge in [-0.2, -0.15) is 0 Å². The number of hydrogen-bond donors (Lipinski definition) is 0. The van der Waals surface area contributed by atoms with E-state index in [9.17, 15) is 4.79 Å². The van der Waals surface area contributed by atoms with Crippen LogP contribution in [-0.2, 0) is 17.9 Å². The minimum atomic E-state index is -1.42. The van der Waals surface area contributed by atoms with Gasteiger partial charge in [0, 0.05) is 12.7 Å². The Balaban J connectivity index is 2.02. The molecule has 2 aromatic rings. The highest BCUT2D eigenvalue weighted by Crippen LogP contribution is 2.12. The first-order valence-corrected chi connectivity index (χ1v) is 11.6. The standard InChI is InChI=1S/C19H25NO2Si/c1-23(2,3)16-20(14-17-10-6-4-7-11-17)19(21)22-15-18-12-8-5-9-13-18/h4-13H,14-16H2,1-3H3. The second-order valence-electron chi connectivity index (χ2n) is 6.94. The quantitative estimate of drug-likeness (QED) is 0.720. The Kier molecular flexibility index (Phi) is 5.99. The van der Waals surface area contributed by atoms with Gasteiger partial charge >= 0.3 is 6.09 Å². The first kappa shape index (κ1) is 17.3. The molecule has 3 nitrogen and oxygen atoms in total. The van der Waals surface area contributed by atoms with E-state index in [1.54, 1.807) is 0 Å². The minimum absolute atomic E-state index is 0.236. The highest BCUT2D eigenvalue weighted by atomic mass is 28.3. The largest absolute Gasteiger partial charge is 0.445 e. The second kappa shape index (κ2) is 7.97. The van der Waals surface area contributed by atoms with Crippen molar-refractivity contribution < 1.29 is 9.53 Å². The van der Waals surface area contributed by atoms with E-state index >= 15 is 0 Å². The molecule has 0 aliphatic heterocycles. The van der Waals surface area contributed by atoms with Crippen molar-refractivity contribution >= 4 is 14.2 Å². The summed E-state index contributed by atoms with van der Waals surface area (Å²) in [6.45, 7) is 7.69. The third-order valence-corrected chi connectivity index (χ3v) is 4.68. The maximum atomic E-state index is 12.5. The number of hydrogen-bond acceptors (Lipinski definition) is 2. The van der Waals surface area contributed by atoms with Gasteiger partial charge in [-0.25, -0.2) is 4.79 Å². The molecule has 0 bridgehead atoms. The lowest BCUT2D eigenvalue weighted by atomic mass is 10.2. The van der Waals surface area contributed by atoms with Gasteiger partial charge in [0.15, 0.2) is 0 Å². The molecule has 0 radical (unpaired) electrons. The van der Waals surface area contributed by atoms with E-state index in [4.69, 9.17) is 4.74 Å². The van der Waals surface area contributed by atoms with Gasteiger partial charge in [0.25, 0.3) is 0 Å². The molecule has 0 saturated carbocycles. The van der Waals surface area contributed by atoms with Gasteiger partial charge < -0.3 is 9.64 Å². The predicted molar refractivity (Wildman–Crippen MR) is 96.8 cm³/mol. The van der Waals surface area contributed by atoms with Crippen LogP contribution >= 0.6 is 0 Å². The van der Waals surface area contributed by atoms with Crippen LogP contribution in [0.1, 0.15) is 11.1 Å². The molecule has 0 unspecified atom stereocenters. The smallest absolute Gasteiger partial charge is 0.410 e. The lowest BCUT2D eigenvalue weighted by Crippen LogP contribution is -2.43. The van der Waals surface area contributed by atoms with Gasteiger partial charge in [-0.05, 0) is 11.1 Å². The maximum Gasteiger partial charge on any atom is 0.410 e. The summed E-state index contributed by atoms with van der Waals surface area (Å²) in [5.41, 5.74) is 2.14. The fourth-order valence-corrected chi connectivity index (χ4v) is 3.76. The molecule has 4 heteroatoms. The molecule has 2 aromatic carbocycles. The number of benzene rings is 2. The summed E-state index contributed by atoms with van der Waals surface area (Å²) >= 11 is 0. The Morgan fingerprint density at radius 1 is 0.913 bits per heavy atom. The van der Waals surface area contributed by atoms with Crippen molar-refractivity contribution in [1.29, 1.82) is 0 Å². The van der Waals surface area contributed by atoms with Gasteiger partial charge in [-0.1, -0.05) is 80.3 Å². The molecule has 0 saturated heterocycles. The Labute approximate surface area is 139 Å². The fraction of sp³-hybridized carbons (Fsp3) is 0.316. The summed E-state index contributed by atoms with van der Waals surface area (Å²) in [6.07, 6.45) is 0.551. The van der Waals surface area contributed by atoms with Gasteiger partial charge in [-0.3, -0.25) is 0 Å². The zero-order chi connectivity index (χ0) is 16.7. The lowest BCUT2D eigenvalue weighted by molar-refractivity contribution is 0.0992. The normalized spacial score (nSPS) is 11.1. The van der Waals surface area contributed by atoms with E-state index in [1.807, 2.05) is 65.6 Å². The van der Waals surface area contributed by atoms with Crippen molar-refractivity contribution in [2.45, 2.75) is 32.8 Å². The predicted octanol–water partition coefficient (Wildman–Crippen LogP) is 4.70. The summed E-state index contributed by atoms with van der Waals surface area (Å²) in [4.78, 5) is 14.4. The van der Waals surface area contributed by atoms with Crippen LogP contribution < -0.4 is 0 Å². The van der Waals surface area contributed by atoms with Crippen LogP contribution in [0.5, 0.6) is 0 Å². The molecule has 2 rings (SSSR count). The molecular formula is C19H25NO2Si. The number of rotatable bonds is 6. The molecule has 0 aliphatic rings. The van der Waals surface area contributed by atoms with E-state index in [0.717, 1.165) is 17.3 Å². The molecule has 1 amide bonds. The Hall–Kier alpha value is -2.07. The van der Waals surface area contributed by atoms with E-state index in [0.29, 0.717) is 13.2 Å². The number of carbonyl (C=O) groups is 1. The molecule has 0 N–H and O–H groups in total. The molecule has 0 aromatic heterocycles. The minimum Gasteiger partial charge on any atom is -0.445 e. The number of amides is 1. The molecule has 0 atom stereocenters. The average Bonchev–Trinajstić information content (AvgIpc) is 2.53. The van der Waals surface area contributed by atoms with Crippen LogP contribution in [0.15, 0.2) is 60.7 Å². The molecule has 0 fully saturated rings. The molecule has 23 heavy (non-hydrogen) atoms. The maximum absolute atomic E-state index is 12.5. The second-order valence-corrected chi connectivity index (χ2v) is 12.4. The van der Waals surface area contributed by atoms with Crippen LogP contribution in [0.25, 0.3) is 0 Å². The van der Waals surface area contributed by atoms with Gasteiger partial charge in [0.1, 0.15) is 6.61 Å². The van der Waals surface area contributed by atoms with Crippen LogP contribution in [0.4, 0.5) is 4.79 Å². The Morgan fingerprint density at radius 3 is 1.96 bits per heavy atom.